The molecular formula is C15H21N3O. The highest BCUT2D eigenvalue weighted by atomic mass is 16.4. The van der Waals surface area contributed by atoms with Gasteiger partial charge in [-0.3, -0.25) is 0 Å². The molecule has 1 aromatic heterocycles. The van der Waals surface area contributed by atoms with Crippen molar-refractivity contribution < 1.29 is 4.42 Å². The van der Waals surface area contributed by atoms with E-state index in [-0.39, 0.29) is 11.5 Å². The zero-order valence-electron chi connectivity index (χ0n) is 12.0. The molecule has 0 aliphatic rings. The van der Waals surface area contributed by atoms with Crippen LogP contribution in [0.3, 0.4) is 0 Å². The maximum atomic E-state index is 5.71. The number of aromatic nitrogens is 2. The Morgan fingerprint density at radius 1 is 1.16 bits per heavy atom. The van der Waals surface area contributed by atoms with Crippen molar-refractivity contribution in [1.29, 1.82) is 0 Å². The van der Waals surface area contributed by atoms with Gasteiger partial charge in [0.15, 0.2) is 0 Å². The summed E-state index contributed by atoms with van der Waals surface area (Å²) in [5, 5.41) is 11.6. The van der Waals surface area contributed by atoms with Gasteiger partial charge >= 0.3 is 0 Å². The summed E-state index contributed by atoms with van der Waals surface area (Å²) in [4.78, 5) is 0. The first kappa shape index (κ1) is 13.7. The molecular weight excluding hydrogens is 238 g/mol. The van der Waals surface area contributed by atoms with Crippen LogP contribution in [0.2, 0.25) is 0 Å². The Kier molecular flexibility index (Phi) is 4.00. The summed E-state index contributed by atoms with van der Waals surface area (Å²) >= 11 is 0. The molecule has 2 rings (SSSR count). The average Bonchev–Trinajstić information content (AvgIpc) is 2.84. The van der Waals surface area contributed by atoms with Crippen molar-refractivity contribution >= 4 is 0 Å². The van der Waals surface area contributed by atoms with E-state index in [1.165, 1.54) is 5.56 Å². The molecule has 0 aliphatic heterocycles. The maximum Gasteiger partial charge on any atom is 0.230 e. The minimum atomic E-state index is 0.0413. The van der Waals surface area contributed by atoms with Crippen LogP contribution in [0.15, 0.2) is 34.7 Å². The molecule has 1 atom stereocenters. The van der Waals surface area contributed by atoms with Crippen LogP contribution in [-0.4, -0.2) is 15.7 Å². The van der Waals surface area contributed by atoms with Crippen molar-refractivity contribution in [3.63, 3.8) is 0 Å². The zero-order chi connectivity index (χ0) is 13.9. The molecule has 1 N–H and O–H groups in total. The second-order valence-corrected chi connectivity index (χ2v) is 5.77. The van der Waals surface area contributed by atoms with Crippen molar-refractivity contribution in [2.45, 2.75) is 45.7 Å². The standard InChI is InChI=1S/C15H21N3O/c1-11(12-8-6-5-7-9-12)14-18-17-13(19-14)10-16-15(2,3)4/h5-9,11,16H,10H2,1-4H3. The van der Waals surface area contributed by atoms with Gasteiger partial charge in [-0.15, -0.1) is 10.2 Å². The van der Waals surface area contributed by atoms with Gasteiger partial charge in [0.1, 0.15) is 0 Å². The first-order chi connectivity index (χ1) is 8.96. The summed E-state index contributed by atoms with van der Waals surface area (Å²) < 4.78 is 5.71. The third kappa shape index (κ3) is 3.89. The lowest BCUT2D eigenvalue weighted by Gasteiger charge is -2.18. The highest BCUT2D eigenvalue weighted by Crippen LogP contribution is 2.22. The summed E-state index contributed by atoms with van der Waals surface area (Å²) in [6.07, 6.45) is 0. The Hall–Kier alpha value is -1.68. The van der Waals surface area contributed by atoms with Crippen LogP contribution in [0.1, 0.15) is 51.0 Å². The molecule has 0 amide bonds. The summed E-state index contributed by atoms with van der Waals surface area (Å²) in [5.74, 6) is 1.42. The van der Waals surface area contributed by atoms with Crippen LogP contribution in [-0.2, 0) is 6.54 Å². The number of rotatable bonds is 4. The molecule has 102 valence electrons. The van der Waals surface area contributed by atoms with Crippen LogP contribution in [0, 0.1) is 0 Å². The van der Waals surface area contributed by atoms with Crippen LogP contribution < -0.4 is 5.32 Å². The fourth-order valence-corrected chi connectivity index (χ4v) is 1.74. The lowest BCUT2D eigenvalue weighted by Crippen LogP contribution is -2.35. The van der Waals surface area contributed by atoms with Crippen molar-refractivity contribution in [2.24, 2.45) is 0 Å². The van der Waals surface area contributed by atoms with Crippen LogP contribution >= 0.6 is 0 Å². The van der Waals surface area contributed by atoms with E-state index in [1.54, 1.807) is 0 Å². The lowest BCUT2D eigenvalue weighted by atomic mass is 10.0. The Morgan fingerprint density at radius 3 is 2.47 bits per heavy atom. The molecule has 0 bridgehead atoms. The van der Waals surface area contributed by atoms with Gasteiger partial charge in [-0.25, -0.2) is 0 Å². The summed E-state index contributed by atoms with van der Waals surface area (Å²) in [5.41, 5.74) is 1.22. The van der Waals surface area contributed by atoms with Gasteiger partial charge < -0.3 is 9.73 Å². The van der Waals surface area contributed by atoms with Crippen molar-refractivity contribution in [1.82, 2.24) is 15.5 Å². The third-order valence-electron chi connectivity index (χ3n) is 2.92. The molecule has 4 nitrogen and oxygen atoms in total. The molecule has 0 fully saturated rings. The predicted octanol–water partition coefficient (Wildman–Crippen LogP) is 3.11. The SMILES string of the molecule is CC(c1ccccc1)c1nnc(CNC(C)(C)C)o1. The van der Waals surface area contributed by atoms with Crippen molar-refractivity contribution in [2.75, 3.05) is 0 Å². The minimum Gasteiger partial charge on any atom is -0.423 e. The molecule has 0 aliphatic carbocycles. The summed E-state index contributed by atoms with van der Waals surface area (Å²) in [6.45, 7) is 8.99. The van der Waals surface area contributed by atoms with Gasteiger partial charge in [-0.05, 0) is 33.3 Å². The first-order valence-corrected chi connectivity index (χ1v) is 6.58. The van der Waals surface area contributed by atoms with Crippen molar-refractivity contribution in [3.05, 3.63) is 47.7 Å². The first-order valence-electron chi connectivity index (χ1n) is 6.58. The quantitative estimate of drug-likeness (QED) is 0.916. The summed E-state index contributed by atoms with van der Waals surface area (Å²) in [7, 11) is 0. The second kappa shape index (κ2) is 5.53. The molecule has 0 saturated heterocycles. The summed E-state index contributed by atoms with van der Waals surface area (Å²) in [6, 6.07) is 10.2. The molecule has 19 heavy (non-hydrogen) atoms. The van der Waals surface area contributed by atoms with E-state index in [2.05, 4.69) is 55.3 Å². The number of nitrogens with zero attached hydrogens (tertiary/aromatic N) is 2. The molecule has 0 saturated carbocycles. The number of benzene rings is 1. The molecule has 4 heteroatoms. The van der Waals surface area contributed by atoms with E-state index < -0.39 is 0 Å². The molecule has 1 heterocycles. The lowest BCUT2D eigenvalue weighted by molar-refractivity contribution is 0.368. The predicted molar refractivity (Wildman–Crippen MR) is 74.8 cm³/mol. The molecule has 1 unspecified atom stereocenters. The minimum absolute atomic E-state index is 0.0413. The monoisotopic (exact) mass is 259 g/mol. The van der Waals surface area contributed by atoms with E-state index in [9.17, 15) is 0 Å². The average molecular weight is 259 g/mol. The fraction of sp³-hybridized carbons (Fsp3) is 0.467. The Balaban J connectivity index is 2.05. The highest BCUT2D eigenvalue weighted by Gasteiger charge is 2.17. The van der Waals surface area contributed by atoms with Gasteiger partial charge in [0.05, 0.1) is 12.5 Å². The molecule has 1 aromatic carbocycles. The van der Waals surface area contributed by atoms with Gasteiger partial charge in [0.2, 0.25) is 11.8 Å². The Labute approximate surface area is 114 Å². The smallest absolute Gasteiger partial charge is 0.230 e. The van der Waals surface area contributed by atoms with E-state index in [0.717, 1.165) is 0 Å². The van der Waals surface area contributed by atoms with Gasteiger partial charge in [0.25, 0.3) is 0 Å². The second-order valence-electron chi connectivity index (χ2n) is 5.77. The largest absolute Gasteiger partial charge is 0.423 e. The van der Waals surface area contributed by atoms with Crippen LogP contribution in [0.4, 0.5) is 0 Å². The number of hydrogen-bond donors (Lipinski definition) is 1. The number of hydrogen-bond acceptors (Lipinski definition) is 4. The maximum absolute atomic E-state index is 5.71. The normalized spacial score (nSPS) is 13.5. The van der Waals surface area contributed by atoms with Gasteiger partial charge in [-0.1, -0.05) is 30.3 Å². The van der Waals surface area contributed by atoms with Crippen LogP contribution in [0.5, 0.6) is 0 Å². The van der Waals surface area contributed by atoms with E-state index >= 15 is 0 Å². The Morgan fingerprint density at radius 2 is 1.84 bits per heavy atom. The fourth-order valence-electron chi connectivity index (χ4n) is 1.74. The van der Waals surface area contributed by atoms with E-state index in [4.69, 9.17) is 4.42 Å². The molecule has 0 spiro atoms. The number of nitrogens with one attached hydrogen (secondary N) is 1. The van der Waals surface area contributed by atoms with Gasteiger partial charge in [-0.2, -0.15) is 0 Å². The molecule has 0 radical (unpaired) electrons. The topological polar surface area (TPSA) is 51.0 Å². The molecule has 2 aromatic rings. The highest BCUT2D eigenvalue weighted by molar-refractivity contribution is 5.23. The van der Waals surface area contributed by atoms with Gasteiger partial charge in [0, 0.05) is 5.54 Å². The van der Waals surface area contributed by atoms with Crippen molar-refractivity contribution in [3.8, 4) is 0 Å². The van der Waals surface area contributed by atoms with Crippen LogP contribution in [0.25, 0.3) is 0 Å². The van der Waals surface area contributed by atoms with E-state index in [0.29, 0.717) is 18.3 Å². The zero-order valence-corrected chi connectivity index (χ0v) is 12.0. The third-order valence-corrected chi connectivity index (χ3v) is 2.92. The Bertz CT molecular complexity index is 514. The van der Waals surface area contributed by atoms with E-state index in [1.807, 2.05) is 18.2 Å².